The summed E-state index contributed by atoms with van der Waals surface area (Å²) in [4.78, 5) is 12.9. The van der Waals surface area contributed by atoms with E-state index in [0.29, 0.717) is 5.41 Å². The van der Waals surface area contributed by atoms with Crippen LogP contribution in [-0.2, 0) is 4.79 Å². The Morgan fingerprint density at radius 1 is 0.909 bits per heavy atom. The normalized spacial score (nSPS) is 30.4. The molecule has 0 unspecified atom stereocenters. The number of nitrogens with one attached hydrogen (secondary N) is 1. The Morgan fingerprint density at radius 3 is 2.23 bits per heavy atom. The molecule has 114 valence electrons. The van der Waals surface area contributed by atoms with Gasteiger partial charge in [-0.15, -0.1) is 0 Å². The lowest BCUT2D eigenvalue weighted by Crippen LogP contribution is -2.47. The molecule has 2 nitrogen and oxygen atoms in total. The van der Waals surface area contributed by atoms with Gasteiger partial charge >= 0.3 is 0 Å². The van der Waals surface area contributed by atoms with Crippen LogP contribution in [0.2, 0.25) is 0 Å². The number of rotatable bonds is 2. The van der Waals surface area contributed by atoms with E-state index in [9.17, 15) is 4.79 Å². The smallest absolute Gasteiger partial charge is 0.230 e. The van der Waals surface area contributed by atoms with E-state index in [0.717, 1.165) is 24.9 Å². The van der Waals surface area contributed by atoms with Gasteiger partial charge in [0.1, 0.15) is 0 Å². The summed E-state index contributed by atoms with van der Waals surface area (Å²) in [6.07, 6.45) is 6.79. The molecule has 2 heteroatoms. The molecule has 5 rings (SSSR count). The fraction of sp³-hybridized carbons (Fsp3) is 0.450. The number of hydrogen-bond donors (Lipinski definition) is 1. The fourth-order valence-corrected chi connectivity index (χ4v) is 4.24. The Balaban J connectivity index is 1.56. The molecular weight excluding hydrogens is 270 g/mol. The molecule has 0 heterocycles. The fourth-order valence-electron chi connectivity index (χ4n) is 4.24. The first kappa shape index (κ1) is 13.8. The minimum Gasteiger partial charge on any atom is -0.326 e. The summed E-state index contributed by atoms with van der Waals surface area (Å²) in [5.74, 6) is 0.240. The molecule has 3 saturated carbocycles. The van der Waals surface area contributed by atoms with E-state index in [1.54, 1.807) is 0 Å². The summed E-state index contributed by atoms with van der Waals surface area (Å²) >= 11 is 0. The standard InChI is InChI=1S/C20H23NO/c1-19-8-11-20(12-9-19,13-10-19)18(22)21-17-7-6-15-4-2-3-5-16(15)14-17/h2-7,14H,8-13H2,1H3,(H,21,22). The highest BCUT2D eigenvalue weighted by molar-refractivity contribution is 5.97. The highest BCUT2D eigenvalue weighted by Gasteiger charge is 2.50. The maximum atomic E-state index is 12.9. The zero-order chi connectivity index (χ0) is 15.2. The van der Waals surface area contributed by atoms with Crippen LogP contribution in [0.15, 0.2) is 42.5 Å². The van der Waals surface area contributed by atoms with Gasteiger partial charge in [0.25, 0.3) is 0 Å². The molecular formula is C20H23NO. The van der Waals surface area contributed by atoms with Gasteiger partial charge in [-0.2, -0.15) is 0 Å². The Morgan fingerprint density at radius 2 is 1.55 bits per heavy atom. The van der Waals surface area contributed by atoms with E-state index in [2.05, 4.69) is 36.5 Å². The van der Waals surface area contributed by atoms with E-state index in [-0.39, 0.29) is 11.3 Å². The van der Waals surface area contributed by atoms with Crippen molar-refractivity contribution < 1.29 is 4.79 Å². The number of fused-ring (bicyclic) bond motifs is 4. The lowest BCUT2D eigenvalue weighted by Gasteiger charge is -2.51. The Hall–Kier alpha value is -1.83. The van der Waals surface area contributed by atoms with Crippen molar-refractivity contribution in [2.45, 2.75) is 45.4 Å². The molecule has 22 heavy (non-hydrogen) atoms. The van der Waals surface area contributed by atoms with Gasteiger partial charge in [-0.1, -0.05) is 37.3 Å². The Bertz CT molecular complexity index is 709. The number of amides is 1. The maximum absolute atomic E-state index is 12.9. The summed E-state index contributed by atoms with van der Waals surface area (Å²) < 4.78 is 0. The molecule has 1 N–H and O–H groups in total. The summed E-state index contributed by atoms with van der Waals surface area (Å²) in [6.45, 7) is 2.39. The number of carbonyl (C=O) groups excluding carboxylic acids is 1. The lowest BCUT2D eigenvalue weighted by atomic mass is 9.54. The highest BCUT2D eigenvalue weighted by Crippen LogP contribution is 2.56. The van der Waals surface area contributed by atoms with Gasteiger partial charge in [-0.25, -0.2) is 0 Å². The van der Waals surface area contributed by atoms with Crippen LogP contribution < -0.4 is 5.32 Å². The molecule has 1 amide bonds. The average Bonchev–Trinajstić information content (AvgIpc) is 2.56. The van der Waals surface area contributed by atoms with Crippen molar-refractivity contribution in [1.29, 1.82) is 0 Å². The SMILES string of the molecule is CC12CCC(C(=O)Nc3ccc4ccccc4c3)(CC1)CC2. The predicted molar refractivity (Wildman–Crippen MR) is 90.8 cm³/mol. The zero-order valence-electron chi connectivity index (χ0n) is 13.2. The molecule has 0 aliphatic heterocycles. The van der Waals surface area contributed by atoms with Crippen molar-refractivity contribution >= 4 is 22.4 Å². The zero-order valence-corrected chi connectivity index (χ0v) is 13.2. The molecule has 2 aromatic carbocycles. The van der Waals surface area contributed by atoms with Crippen molar-refractivity contribution in [1.82, 2.24) is 0 Å². The van der Waals surface area contributed by atoms with Gasteiger partial charge in [0.15, 0.2) is 0 Å². The summed E-state index contributed by atoms with van der Waals surface area (Å²) in [5.41, 5.74) is 1.32. The van der Waals surface area contributed by atoms with Crippen molar-refractivity contribution in [3.8, 4) is 0 Å². The molecule has 0 saturated heterocycles. The van der Waals surface area contributed by atoms with Crippen LogP contribution >= 0.6 is 0 Å². The van der Waals surface area contributed by atoms with Gasteiger partial charge < -0.3 is 5.32 Å². The number of benzene rings is 2. The van der Waals surface area contributed by atoms with Gasteiger partial charge in [0, 0.05) is 11.1 Å². The second kappa shape index (κ2) is 4.84. The third kappa shape index (κ3) is 2.22. The third-order valence-corrected chi connectivity index (χ3v) is 6.11. The molecule has 3 fully saturated rings. The van der Waals surface area contributed by atoms with E-state index < -0.39 is 0 Å². The molecule has 3 aliphatic rings. The molecule has 0 aromatic heterocycles. The second-order valence-electron chi connectivity index (χ2n) is 7.61. The Labute approximate surface area is 131 Å². The van der Waals surface area contributed by atoms with Crippen LogP contribution in [0.25, 0.3) is 10.8 Å². The number of anilines is 1. The van der Waals surface area contributed by atoms with Crippen molar-refractivity contribution in [3.05, 3.63) is 42.5 Å². The first-order chi connectivity index (χ1) is 10.6. The first-order valence-electron chi connectivity index (χ1n) is 8.39. The highest BCUT2D eigenvalue weighted by atomic mass is 16.2. The first-order valence-corrected chi connectivity index (χ1v) is 8.39. The average molecular weight is 293 g/mol. The third-order valence-electron chi connectivity index (χ3n) is 6.11. The molecule has 0 atom stereocenters. The Kier molecular flexibility index (Phi) is 3.04. The molecule has 2 aromatic rings. The summed E-state index contributed by atoms with van der Waals surface area (Å²) in [6, 6.07) is 14.5. The molecule has 2 bridgehead atoms. The summed E-state index contributed by atoms with van der Waals surface area (Å²) in [7, 11) is 0. The van der Waals surface area contributed by atoms with Crippen LogP contribution in [0.5, 0.6) is 0 Å². The minimum absolute atomic E-state index is 0.108. The topological polar surface area (TPSA) is 29.1 Å². The lowest BCUT2D eigenvalue weighted by molar-refractivity contribution is -0.134. The van der Waals surface area contributed by atoms with Crippen molar-refractivity contribution in [2.24, 2.45) is 10.8 Å². The largest absolute Gasteiger partial charge is 0.326 e. The van der Waals surface area contributed by atoms with Gasteiger partial charge in [0.2, 0.25) is 5.91 Å². The number of hydrogen-bond acceptors (Lipinski definition) is 1. The van der Waals surface area contributed by atoms with Crippen molar-refractivity contribution in [2.75, 3.05) is 5.32 Å². The van der Waals surface area contributed by atoms with Crippen LogP contribution in [0.1, 0.15) is 45.4 Å². The van der Waals surface area contributed by atoms with E-state index >= 15 is 0 Å². The quantitative estimate of drug-likeness (QED) is 0.816. The van der Waals surface area contributed by atoms with Crippen LogP contribution in [0, 0.1) is 10.8 Å². The van der Waals surface area contributed by atoms with E-state index in [4.69, 9.17) is 0 Å². The van der Waals surface area contributed by atoms with Crippen LogP contribution in [-0.4, -0.2) is 5.91 Å². The number of carbonyl (C=O) groups is 1. The summed E-state index contributed by atoms with van der Waals surface area (Å²) in [5, 5.41) is 5.58. The van der Waals surface area contributed by atoms with Crippen LogP contribution in [0.4, 0.5) is 5.69 Å². The van der Waals surface area contributed by atoms with E-state index in [1.165, 1.54) is 30.0 Å². The van der Waals surface area contributed by atoms with E-state index in [1.807, 2.05) is 18.2 Å². The van der Waals surface area contributed by atoms with Crippen LogP contribution in [0.3, 0.4) is 0 Å². The second-order valence-corrected chi connectivity index (χ2v) is 7.61. The molecule has 0 spiro atoms. The monoisotopic (exact) mass is 293 g/mol. The molecule has 0 radical (unpaired) electrons. The predicted octanol–water partition coefficient (Wildman–Crippen LogP) is 5.14. The van der Waals surface area contributed by atoms with Gasteiger partial charge in [-0.05, 0) is 66.8 Å². The van der Waals surface area contributed by atoms with Gasteiger partial charge in [0.05, 0.1) is 0 Å². The minimum atomic E-state index is -0.108. The van der Waals surface area contributed by atoms with Crippen molar-refractivity contribution in [3.63, 3.8) is 0 Å². The molecule has 3 aliphatic carbocycles. The maximum Gasteiger partial charge on any atom is 0.230 e. The van der Waals surface area contributed by atoms with Gasteiger partial charge in [-0.3, -0.25) is 4.79 Å².